The minimum Gasteiger partial charge on any atom is -0.422 e. The summed E-state index contributed by atoms with van der Waals surface area (Å²) in [6, 6.07) is 13.8. The van der Waals surface area contributed by atoms with Crippen LogP contribution in [-0.2, 0) is 9.59 Å². The lowest BCUT2D eigenvalue weighted by Gasteiger charge is -2.08. The summed E-state index contributed by atoms with van der Waals surface area (Å²) >= 11 is 3.38. The standard InChI is InChI=1S/C28H36BrN3O4/c1-2-3-4-5-6-7-8-9-13-16-26(33)30-21-27(34)32-31-20-23-19-24(29)17-18-25(23)36-28(35)22-14-11-10-12-15-22/h10-12,14-15,17-20H,2-9,13,16,21H2,1H3,(H,30,33)(H,32,34)/b31-20-. The fraction of sp³-hybridized carbons (Fsp3) is 0.429. The molecule has 0 aliphatic carbocycles. The summed E-state index contributed by atoms with van der Waals surface area (Å²) in [5.41, 5.74) is 3.31. The summed E-state index contributed by atoms with van der Waals surface area (Å²) in [4.78, 5) is 36.4. The largest absolute Gasteiger partial charge is 0.422 e. The highest BCUT2D eigenvalue weighted by molar-refractivity contribution is 9.10. The minimum atomic E-state index is -0.494. The van der Waals surface area contributed by atoms with Crippen LogP contribution in [0.15, 0.2) is 58.1 Å². The van der Waals surface area contributed by atoms with Gasteiger partial charge in [0.25, 0.3) is 5.91 Å². The molecule has 0 aliphatic heterocycles. The molecule has 2 aromatic rings. The van der Waals surface area contributed by atoms with E-state index in [1.807, 2.05) is 6.07 Å². The first-order valence-electron chi connectivity index (χ1n) is 12.6. The Bertz CT molecular complexity index is 996. The molecule has 2 aromatic carbocycles. The molecule has 0 fully saturated rings. The van der Waals surface area contributed by atoms with E-state index in [-0.39, 0.29) is 12.5 Å². The predicted octanol–water partition coefficient (Wildman–Crippen LogP) is 6.16. The second kappa shape index (κ2) is 17.4. The highest BCUT2D eigenvalue weighted by Crippen LogP contribution is 2.23. The van der Waals surface area contributed by atoms with E-state index in [2.05, 4.69) is 38.7 Å². The predicted molar refractivity (Wildman–Crippen MR) is 146 cm³/mol. The number of hydrazone groups is 1. The van der Waals surface area contributed by atoms with Gasteiger partial charge in [-0.1, -0.05) is 92.4 Å². The third kappa shape index (κ3) is 12.1. The van der Waals surface area contributed by atoms with E-state index in [1.165, 1.54) is 44.7 Å². The van der Waals surface area contributed by atoms with Crippen LogP contribution in [0.5, 0.6) is 5.75 Å². The van der Waals surface area contributed by atoms with Crippen LogP contribution in [0.4, 0.5) is 0 Å². The van der Waals surface area contributed by atoms with Gasteiger partial charge < -0.3 is 10.1 Å². The van der Waals surface area contributed by atoms with Crippen LogP contribution in [0.3, 0.4) is 0 Å². The fourth-order valence-corrected chi connectivity index (χ4v) is 3.90. The van der Waals surface area contributed by atoms with E-state index in [4.69, 9.17) is 4.74 Å². The van der Waals surface area contributed by atoms with Gasteiger partial charge in [0.1, 0.15) is 5.75 Å². The molecule has 0 unspecified atom stereocenters. The maximum Gasteiger partial charge on any atom is 0.343 e. The zero-order valence-corrected chi connectivity index (χ0v) is 22.5. The zero-order valence-electron chi connectivity index (χ0n) is 20.9. The van der Waals surface area contributed by atoms with Crippen molar-refractivity contribution >= 4 is 39.9 Å². The Balaban J connectivity index is 1.69. The Kier molecular flexibility index (Phi) is 14.2. The molecule has 0 saturated heterocycles. The molecule has 2 rings (SSSR count). The van der Waals surface area contributed by atoms with Gasteiger partial charge in [-0.25, -0.2) is 10.2 Å². The molecular weight excluding hydrogens is 522 g/mol. The molecule has 0 aliphatic rings. The third-order valence-electron chi connectivity index (χ3n) is 5.53. The van der Waals surface area contributed by atoms with Gasteiger partial charge in [-0.05, 0) is 36.8 Å². The number of halogens is 1. The lowest BCUT2D eigenvalue weighted by molar-refractivity contribution is -0.126. The summed E-state index contributed by atoms with van der Waals surface area (Å²) < 4.78 is 6.25. The van der Waals surface area contributed by atoms with Crippen molar-refractivity contribution in [2.24, 2.45) is 5.10 Å². The van der Waals surface area contributed by atoms with Gasteiger partial charge in [-0.3, -0.25) is 9.59 Å². The Hall–Kier alpha value is -3.00. The van der Waals surface area contributed by atoms with E-state index in [1.54, 1.807) is 42.5 Å². The van der Waals surface area contributed by atoms with Crippen LogP contribution in [0, 0.1) is 0 Å². The van der Waals surface area contributed by atoms with Gasteiger partial charge in [0.05, 0.1) is 18.3 Å². The molecule has 0 bridgehead atoms. The Morgan fingerprint density at radius 3 is 2.25 bits per heavy atom. The molecule has 8 heteroatoms. The first-order valence-corrected chi connectivity index (χ1v) is 13.4. The fourth-order valence-electron chi connectivity index (χ4n) is 3.52. The molecule has 36 heavy (non-hydrogen) atoms. The van der Waals surface area contributed by atoms with E-state index in [0.717, 1.165) is 23.7 Å². The van der Waals surface area contributed by atoms with Crippen molar-refractivity contribution in [3.05, 3.63) is 64.1 Å². The summed E-state index contributed by atoms with van der Waals surface area (Å²) in [6.07, 6.45) is 12.5. The number of ether oxygens (including phenoxy) is 1. The Labute approximate surface area is 222 Å². The molecule has 0 spiro atoms. The molecule has 7 nitrogen and oxygen atoms in total. The van der Waals surface area contributed by atoms with Crippen LogP contribution in [0.2, 0.25) is 0 Å². The number of benzene rings is 2. The first kappa shape index (κ1) is 29.2. The molecule has 2 amide bonds. The molecule has 0 aromatic heterocycles. The number of unbranched alkanes of at least 4 members (excludes halogenated alkanes) is 8. The molecule has 0 saturated carbocycles. The van der Waals surface area contributed by atoms with Crippen molar-refractivity contribution in [3.63, 3.8) is 0 Å². The van der Waals surface area contributed by atoms with Crippen molar-refractivity contribution in [1.29, 1.82) is 0 Å². The number of nitrogens with zero attached hydrogens (tertiary/aromatic N) is 1. The van der Waals surface area contributed by atoms with Gasteiger partial charge in [0.2, 0.25) is 5.91 Å². The molecule has 2 N–H and O–H groups in total. The molecule has 194 valence electrons. The minimum absolute atomic E-state index is 0.140. The number of nitrogens with one attached hydrogen (secondary N) is 2. The van der Waals surface area contributed by atoms with Crippen molar-refractivity contribution in [3.8, 4) is 5.75 Å². The lowest BCUT2D eigenvalue weighted by Crippen LogP contribution is -2.34. The van der Waals surface area contributed by atoms with Crippen LogP contribution in [-0.4, -0.2) is 30.5 Å². The molecule has 0 heterocycles. The topological polar surface area (TPSA) is 96.9 Å². The highest BCUT2D eigenvalue weighted by atomic mass is 79.9. The second-order valence-corrected chi connectivity index (χ2v) is 9.50. The number of carbonyl (C=O) groups excluding carboxylic acids is 3. The summed E-state index contributed by atoms with van der Waals surface area (Å²) in [5.74, 6) is -0.769. The average molecular weight is 559 g/mol. The first-order chi connectivity index (χ1) is 17.5. The number of hydrogen-bond donors (Lipinski definition) is 2. The van der Waals surface area contributed by atoms with Gasteiger partial charge in [-0.15, -0.1) is 0 Å². The Morgan fingerprint density at radius 1 is 0.889 bits per heavy atom. The number of rotatable bonds is 16. The maximum absolute atomic E-state index is 12.4. The number of esters is 1. The molecule has 0 radical (unpaired) electrons. The van der Waals surface area contributed by atoms with Gasteiger partial charge in [0.15, 0.2) is 0 Å². The third-order valence-corrected chi connectivity index (χ3v) is 6.02. The average Bonchev–Trinajstić information content (AvgIpc) is 2.88. The number of amides is 2. The van der Waals surface area contributed by atoms with E-state index < -0.39 is 11.9 Å². The number of carbonyl (C=O) groups is 3. The van der Waals surface area contributed by atoms with Crippen molar-refractivity contribution in [2.45, 2.75) is 71.1 Å². The number of hydrogen-bond acceptors (Lipinski definition) is 5. The van der Waals surface area contributed by atoms with Crippen LogP contribution < -0.4 is 15.5 Å². The smallest absolute Gasteiger partial charge is 0.343 e. The van der Waals surface area contributed by atoms with Crippen molar-refractivity contribution < 1.29 is 19.1 Å². The van der Waals surface area contributed by atoms with Crippen LogP contribution >= 0.6 is 15.9 Å². The van der Waals surface area contributed by atoms with Crippen molar-refractivity contribution in [1.82, 2.24) is 10.7 Å². The zero-order chi connectivity index (χ0) is 26.0. The van der Waals surface area contributed by atoms with Crippen LogP contribution in [0.1, 0.15) is 87.1 Å². The molecular formula is C28H36BrN3O4. The van der Waals surface area contributed by atoms with Gasteiger partial charge in [-0.2, -0.15) is 5.10 Å². The lowest BCUT2D eigenvalue weighted by atomic mass is 10.1. The highest BCUT2D eigenvalue weighted by Gasteiger charge is 2.11. The second-order valence-electron chi connectivity index (χ2n) is 8.59. The molecule has 0 atom stereocenters. The maximum atomic E-state index is 12.4. The summed E-state index contributed by atoms with van der Waals surface area (Å²) in [6.45, 7) is 2.07. The normalized spacial score (nSPS) is 10.8. The van der Waals surface area contributed by atoms with Gasteiger partial charge in [0, 0.05) is 16.5 Å². The van der Waals surface area contributed by atoms with E-state index in [0.29, 0.717) is 23.3 Å². The SMILES string of the molecule is CCCCCCCCCCCC(=O)NCC(=O)N/N=C\c1cc(Br)ccc1OC(=O)c1ccccc1. The summed E-state index contributed by atoms with van der Waals surface area (Å²) in [5, 5.41) is 6.56. The Morgan fingerprint density at radius 2 is 1.56 bits per heavy atom. The monoisotopic (exact) mass is 557 g/mol. The quantitative estimate of drug-likeness (QED) is 0.0849. The summed E-state index contributed by atoms with van der Waals surface area (Å²) in [7, 11) is 0. The van der Waals surface area contributed by atoms with Crippen LogP contribution in [0.25, 0.3) is 0 Å². The van der Waals surface area contributed by atoms with Crippen molar-refractivity contribution in [2.75, 3.05) is 6.54 Å². The van der Waals surface area contributed by atoms with E-state index >= 15 is 0 Å². The van der Waals surface area contributed by atoms with Gasteiger partial charge >= 0.3 is 5.97 Å². The van der Waals surface area contributed by atoms with E-state index in [9.17, 15) is 14.4 Å².